The number of fused-ring (bicyclic) bond motifs is 1. The summed E-state index contributed by atoms with van der Waals surface area (Å²) in [4.78, 5) is 0. The molecule has 0 saturated heterocycles. The molecule has 0 aliphatic heterocycles. The topological polar surface area (TPSA) is 20.2 Å². The molecule has 0 bridgehead atoms. The first-order valence-corrected chi connectivity index (χ1v) is 5.53. The van der Waals surface area contributed by atoms with E-state index in [9.17, 15) is 5.11 Å². The van der Waals surface area contributed by atoms with Crippen LogP contribution >= 0.6 is 15.9 Å². The first-order valence-electron chi connectivity index (χ1n) is 4.74. The van der Waals surface area contributed by atoms with Crippen LogP contribution in [-0.4, -0.2) is 5.11 Å². The summed E-state index contributed by atoms with van der Waals surface area (Å²) in [6, 6.07) is 6.09. The number of hydrogen-bond acceptors (Lipinski definition) is 1. The third-order valence-electron chi connectivity index (χ3n) is 2.67. The lowest BCUT2D eigenvalue weighted by atomic mass is 10.0. The predicted molar refractivity (Wildman–Crippen MR) is 56.7 cm³/mol. The molecule has 1 atom stereocenters. The van der Waals surface area contributed by atoms with Crippen LogP contribution in [0.3, 0.4) is 0 Å². The van der Waals surface area contributed by atoms with Crippen LogP contribution < -0.4 is 0 Å². The largest absolute Gasteiger partial charge is 0.388 e. The van der Waals surface area contributed by atoms with Gasteiger partial charge in [0.2, 0.25) is 0 Å². The van der Waals surface area contributed by atoms with Gasteiger partial charge in [-0.15, -0.1) is 0 Å². The lowest BCUT2D eigenvalue weighted by molar-refractivity contribution is 0.166. The summed E-state index contributed by atoms with van der Waals surface area (Å²) in [7, 11) is 0. The van der Waals surface area contributed by atoms with Gasteiger partial charge in [-0.05, 0) is 36.5 Å². The Balaban J connectivity index is 2.47. The Morgan fingerprint density at radius 2 is 2.15 bits per heavy atom. The Morgan fingerprint density at radius 3 is 3.00 bits per heavy atom. The zero-order valence-corrected chi connectivity index (χ0v) is 9.05. The van der Waals surface area contributed by atoms with Crippen molar-refractivity contribution in [2.75, 3.05) is 0 Å². The Morgan fingerprint density at radius 1 is 1.31 bits per heavy atom. The normalized spacial score (nSPS) is 22.2. The monoisotopic (exact) mass is 240 g/mol. The van der Waals surface area contributed by atoms with Crippen LogP contribution in [-0.2, 0) is 6.42 Å². The number of hydrogen-bond donors (Lipinski definition) is 1. The molecule has 0 heterocycles. The summed E-state index contributed by atoms with van der Waals surface area (Å²) in [6.07, 6.45) is 4.06. The van der Waals surface area contributed by atoms with Gasteiger partial charge in [0.1, 0.15) is 0 Å². The van der Waals surface area contributed by atoms with Crippen LogP contribution in [0.2, 0.25) is 0 Å². The van der Waals surface area contributed by atoms with Gasteiger partial charge in [-0.25, -0.2) is 0 Å². The first-order chi connectivity index (χ1) is 6.29. The third-order valence-corrected chi connectivity index (χ3v) is 3.41. The Labute approximate surface area is 86.9 Å². The first kappa shape index (κ1) is 9.22. The van der Waals surface area contributed by atoms with Crippen LogP contribution in [0.25, 0.3) is 0 Å². The van der Waals surface area contributed by atoms with Crippen molar-refractivity contribution in [3.63, 3.8) is 0 Å². The van der Waals surface area contributed by atoms with E-state index in [-0.39, 0.29) is 6.10 Å². The predicted octanol–water partition coefficient (Wildman–Crippen LogP) is 3.21. The molecule has 0 amide bonds. The Bertz CT molecular complexity index is 309. The average Bonchev–Trinajstić information content (AvgIpc) is 2.30. The fourth-order valence-electron chi connectivity index (χ4n) is 1.95. The average molecular weight is 241 g/mol. The minimum Gasteiger partial charge on any atom is -0.388 e. The zero-order chi connectivity index (χ0) is 9.26. The molecule has 0 aromatic heterocycles. The molecule has 1 aliphatic rings. The van der Waals surface area contributed by atoms with Crippen LogP contribution in [0.4, 0.5) is 0 Å². The highest BCUT2D eigenvalue weighted by molar-refractivity contribution is 9.10. The quantitative estimate of drug-likeness (QED) is 0.691. The van der Waals surface area contributed by atoms with E-state index in [2.05, 4.69) is 22.0 Å². The van der Waals surface area contributed by atoms with Gasteiger partial charge >= 0.3 is 0 Å². The maximum absolute atomic E-state index is 9.84. The minimum atomic E-state index is -0.255. The second kappa shape index (κ2) is 3.81. The molecule has 0 radical (unpaired) electrons. The van der Waals surface area contributed by atoms with Gasteiger partial charge in [0.15, 0.2) is 0 Å². The molecular formula is C11H13BrO. The Kier molecular flexibility index (Phi) is 2.70. The maximum atomic E-state index is 9.84. The van der Waals surface area contributed by atoms with Crippen LogP contribution in [0.5, 0.6) is 0 Å². The standard InChI is InChI=1S/C11H13BrO/c12-10-6-3-5-9-8(10)4-1-2-7-11(9)13/h3,5-6,11,13H,1-2,4,7H2/t11-/m0/s1. The van der Waals surface area contributed by atoms with E-state index in [4.69, 9.17) is 0 Å². The number of benzene rings is 1. The summed E-state index contributed by atoms with van der Waals surface area (Å²) in [5, 5.41) is 9.84. The van der Waals surface area contributed by atoms with Gasteiger partial charge in [0.25, 0.3) is 0 Å². The van der Waals surface area contributed by atoms with Crippen LogP contribution in [0.1, 0.15) is 36.5 Å². The fourth-order valence-corrected chi connectivity index (χ4v) is 2.53. The molecule has 13 heavy (non-hydrogen) atoms. The number of aliphatic hydroxyl groups excluding tert-OH is 1. The fraction of sp³-hybridized carbons (Fsp3) is 0.455. The second-order valence-electron chi connectivity index (χ2n) is 3.57. The molecule has 1 nitrogen and oxygen atoms in total. The van der Waals surface area contributed by atoms with Crippen molar-refractivity contribution in [1.82, 2.24) is 0 Å². The van der Waals surface area contributed by atoms with Gasteiger partial charge in [-0.3, -0.25) is 0 Å². The van der Waals surface area contributed by atoms with Crippen molar-refractivity contribution < 1.29 is 5.11 Å². The molecule has 1 aliphatic carbocycles. The second-order valence-corrected chi connectivity index (χ2v) is 4.42. The van der Waals surface area contributed by atoms with Crippen molar-refractivity contribution in [3.05, 3.63) is 33.8 Å². The van der Waals surface area contributed by atoms with Gasteiger partial charge in [-0.2, -0.15) is 0 Å². The van der Waals surface area contributed by atoms with Crippen molar-refractivity contribution in [1.29, 1.82) is 0 Å². The van der Waals surface area contributed by atoms with Crippen LogP contribution in [0.15, 0.2) is 22.7 Å². The summed E-state index contributed by atoms with van der Waals surface area (Å²) in [5.41, 5.74) is 2.42. The summed E-state index contributed by atoms with van der Waals surface area (Å²) in [6.45, 7) is 0. The van der Waals surface area contributed by atoms with Gasteiger partial charge in [0.05, 0.1) is 6.10 Å². The van der Waals surface area contributed by atoms with Crippen molar-refractivity contribution in [3.8, 4) is 0 Å². The molecule has 0 spiro atoms. The highest BCUT2D eigenvalue weighted by Gasteiger charge is 2.17. The molecule has 1 aromatic rings. The molecular weight excluding hydrogens is 228 g/mol. The van der Waals surface area contributed by atoms with Gasteiger partial charge in [-0.1, -0.05) is 34.5 Å². The molecule has 0 fully saturated rings. The minimum absolute atomic E-state index is 0.255. The number of rotatable bonds is 0. The maximum Gasteiger partial charge on any atom is 0.0793 e. The van der Waals surface area contributed by atoms with E-state index < -0.39 is 0 Å². The van der Waals surface area contributed by atoms with E-state index >= 15 is 0 Å². The molecule has 2 rings (SSSR count). The number of aliphatic hydroxyl groups is 1. The van der Waals surface area contributed by atoms with Gasteiger partial charge < -0.3 is 5.11 Å². The highest BCUT2D eigenvalue weighted by atomic mass is 79.9. The smallest absolute Gasteiger partial charge is 0.0793 e. The summed E-state index contributed by atoms with van der Waals surface area (Å²) < 4.78 is 1.14. The Hall–Kier alpha value is -0.340. The zero-order valence-electron chi connectivity index (χ0n) is 7.46. The van der Waals surface area contributed by atoms with E-state index in [0.717, 1.165) is 29.3 Å². The van der Waals surface area contributed by atoms with Crippen molar-refractivity contribution in [2.45, 2.75) is 31.8 Å². The molecule has 1 aromatic carbocycles. The van der Waals surface area contributed by atoms with Crippen molar-refractivity contribution in [2.24, 2.45) is 0 Å². The number of halogens is 1. The van der Waals surface area contributed by atoms with Gasteiger partial charge in [0, 0.05) is 4.47 Å². The summed E-state index contributed by atoms with van der Waals surface area (Å²) >= 11 is 3.53. The molecule has 2 heteroatoms. The molecule has 70 valence electrons. The third kappa shape index (κ3) is 1.79. The van der Waals surface area contributed by atoms with E-state index in [0.29, 0.717) is 0 Å². The van der Waals surface area contributed by atoms with E-state index in [1.807, 2.05) is 12.1 Å². The van der Waals surface area contributed by atoms with E-state index in [1.54, 1.807) is 0 Å². The SMILES string of the molecule is O[C@H]1CCCCc2c(Br)cccc21. The van der Waals surface area contributed by atoms with E-state index in [1.165, 1.54) is 12.0 Å². The summed E-state index contributed by atoms with van der Waals surface area (Å²) in [5.74, 6) is 0. The lowest BCUT2D eigenvalue weighted by Crippen LogP contribution is -1.98. The van der Waals surface area contributed by atoms with Crippen molar-refractivity contribution >= 4 is 15.9 Å². The highest BCUT2D eigenvalue weighted by Crippen LogP contribution is 2.32. The molecule has 0 unspecified atom stereocenters. The molecule has 1 N–H and O–H groups in total. The molecule has 0 saturated carbocycles. The van der Waals surface area contributed by atoms with Crippen LogP contribution in [0, 0.1) is 0 Å². The lowest BCUT2D eigenvalue weighted by Gasteiger charge is -2.12.